The molecule has 0 bridgehead atoms. The van der Waals surface area contributed by atoms with Crippen LogP contribution in [0.25, 0.3) is 0 Å². The first-order valence-electron chi connectivity index (χ1n) is 6.02. The van der Waals surface area contributed by atoms with Crippen LogP contribution in [0.3, 0.4) is 0 Å². The summed E-state index contributed by atoms with van der Waals surface area (Å²) in [5, 5.41) is 3.74. The predicted molar refractivity (Wildman–Crippen MR) is 75.0 cm³/mol. The van der Waals surface area contributed by atoms with Gasteiger partial charge in [-0.2, -0.15) is 13.2 Å². The van der Waals surface area contributed by atoms with Crippen molar-refractivity contribution < 1.29 is 13.2 Å². The van der Waals surface area contributed by atoms with Gasteiger partial charge in [0.25, 0.3) is 0 Å². The molecule has 0 aliphatic heterocycles. The number of anilines is 1. The summed E-state index contributed by atoms with van der Waals surface area (Å²) in [6, 6.07) is 10.6. The summed E-state index contributed by atoms with van der Waals surface area (Å²) >= 11 is 5.85. The number of benzene rings is 2. The van der Waals surface area contributed by atoms with E-state index in [1.54, 1.807) is 18.2 Å². The lowest BCUT2D eigenvalue weighted by atomic mass is 10.1. The molecule has 0 aliphatic carbocycles. The van der Waals surface area contributed by atoms with Gasteiger partial charge < -0.3 is 5.32 Å². The van der Waals surface area contributed by atoms with Gasteiger partial charge in [-0.25, -0.2) is 0 Å². The maximum Gasteiger partial charge on any atom is 0.416 e. The van der Waals surface area contributed by atoms with E-state index in [0.717, 1.165) is 23.4 Å². The number of rotatable bonds is 3. The van der Waals surface area contributed by atoms with E-state index in [1.807, 2.05) is 13.0 Å². The second-order valence-corrected chi connectivity index (χ2v) is 4.95. The number of hydrogen-bond donors (Lipinski definition) is 1. The first-order chi connectivity index (χ1) is 9.36. The third kappa shape index (κ3) is 3.67. The van der Waals surface area contributed by atoms with Crippen molar-refractivity contribution >= 4 is 17.3 Å². The number of halogens is 4. The van der Waals surface area contributed by atoms with Crippen LogP contribution in [-0.2, 0) is 12.7 Å². The molecule has 0 spiro atoms. The molecule has 1 N–H and O–H groups in total. The molecule has 2 aromatic carbocycles. The van der Waals surface area contributed by atoms with Crippen molar-refractivity contribution in [2.45, 2.75) is 19.6 Å². The molecule has 0 atom stereocenters. The molecule has 5 heteroatoms. The van der Waals surface area contributed by atoms with Crippen LogP contribution in [0.4, 0.5) is 18.9 Å². The average Bonchev–Trinajstić information content (AvgIpc) is 2.37. The summed E-state index contributed by atoms with van der Waals surface area (Å²) in [6.07, 6.45) is -4.31. The van der Waals surface area contributed by atoms with E-state index in [4.69, 9.17) is 11.6 Å². The summed E-state index contributed by atoms with van der Waals surface area (Å²) in [4.78, 5) is 0. The largest absolute Gasteiger partial charge is 0.416 e. The van der Waals surface area contributed by atoms with Gasteiger partial charge >= 0.3 is 6.18 Å². The van der Waals surface area contributed by atoms with Crippen molar-refractivity contribution in [2.75, 3.05) is 5.32 Å². The summed E-state index contributed by atoms with van der Waals surface area (Å²) in [7, 11) is 0. The van der Waals surface area contributed by atoms with Gasteiger partial charge in [0.15, 0.2) is 0 Å². The molecule has 0 aliphatic rings. The van der Waals surface area contributed by atoms with Crippen LogP contribution in [0.1, 0.15) is 16.7 Å². The highest BCUT2D eigenvalue weighted by Crippen LogP contribution is 2.29. The maximum absolute atomic E-state index is 12.6. The molecule has 0 aromatic heterocycles. The molecule has 2 aromatic rings. The van der Waals surface area contributed by atoms with E-state index in [1.165, 1.54) is 6.07 Å². The second-order valence-electron chi connectivity index (χ2n) is 4.51. The Balaban J connectivity index is 2.11. The minimum Gasteiger partial charge on any atom is -0.381 e. The van der Waals surface area contributed by atoms with E-state index < -0.39 is 11.7 Å². The second kappa shape index (κ2) is 5.75. The van der Waals surface area contributed by atoms with Crippen molar-refractivity contribution in [3.8, 4) is 0 Å². The Morgan fingerprint density at radius 2 is 1.85 bits per heavy atom. The molecule has 0 unspecified atom stereocenters. The zero-order chi connectivity index (χ0) is 14.8. The van der Waals surface area contributed by atoms with Gasteiger partial charge in [-0.05, 0) is 48.4 Å². The number of aryl methyl sites for hydroxylation is 1. The SMILES string of the molecule is Cc1cc(Cl)ccc1NCc1cccc(C(F)(F)F)c1. The van der Waals surface area contributed by atoms with E-state index in [0.29, 0.717) is 17.1 Å². The highest BCUT2D eigenvalue weighted by Gasteiger charge is 2.30. The van der Waals surface area contributed by atoms with Crippen molar-refractivity contribution in [2.24, 2.45) is 0 Å². The molecule has 20 heavy (non-hydrogen) atoms. The van der Waals surface area contributed by atoms with Gasteiger partial charge in [0.1, 0.15) is 0 Å². The topological polar surface area (TPSA) is 12.0 Å². The van der Waals surface area contributed by atoms with Crippen LogP contribution in [0.15, 0.2) is 42.5 Å². The number of alkyl halides is 3. The maximum atomic E-state index is 12.6. The highest BCUT2D eigenvalue weighted by molar-refractivity contribution is 6.30. The van der Waals surface area contributed by atoms with Gasteiger partial charge in [-0.15, -0.1) is 0 Å². The Labute approximate surface area is 120 Å². The van der Waals surface area contributed by atoms with Crippen LogP contribution in [0, 0.1) is 6.92 Å². The lowest BCUT2D eigenvalue weighted by Gasteiger charge is -2.12. The van der Waals surface area contributed by atoms with Crippen molar-refractivity contribution in [3.05, 3.63) is 64.2 Å². The van der Waals surface area contributed by atoms with Crippen molar-refractivity contribution in [1.82, 2.24) is 0 Å². The van der Waals surface area contributed by atoms with Crippen LogP contribution >= 0.6 is 11.6 Å². The summed E-state index contributed by atoms with van der Waals surface area (Å²) < 4.78 is 37.8. The van der Waals surface area contributed by atoms with Crippen molar-refractivity contribution in [1.29, 1.82) is 0 Å². The fourth-order valence-electron chi connectivity index (χ4n) is 1.88. The Hall–Kier alpha value is -1.68. The summed E-state index contributed by atoms with van der Waals surface area (Å²) in [5.74, 6) is 0. The number of nitrogens with one attached hydrogen (secondary N) is 1. The molecular weight excluding hydrogens is 287 g/mol. The third-order valence-electron chi connectivity index (χ3n) is 2.93. The van der Waals surface area contributed by atoms with Crippen molar-refractivity contribution in [3.63, 3.8) is 0 Å². The fraction of sp³-hybridized carbons (Fsp3) is 0.200. The van der Waals surface area contributed by atoms with Gasteiger partial charge in [-0.1, -0.05) is 23.7 Å². The minimum atomic E-state index is -4.31. The molecule has 0 amide bonds. The molecular formula is C15H13ClF3N. The molecule has 0 saturated heterocycles. The zero-order valence-electron chi connectivity index (χ0n) is 10.8. The molecule has 0 heterocycles. The Kier molecular flexibility index (Phi) is 4.23. The smallest absolute Gasteiger partial charge is 0.381 e. The predicted octanol–water partition coefficient (Wildman–Crippen LogP) is 5.28. The van der Waals surface area contributed by atoms with Gasteiger partial charge in [0, 0.05) is 17.3 Å². The van der Waals surface area contributed by atoms with E-state index >= 15 is 0 Å². The Morgan fingerprint density at radius 1 is 1.10 bits per heavy atom. The van der Waals surface area contributed by atoms with Gasteiger partial charge in [-0.3, -0.25) is 0 Å². The van der Waals surface area contributed by atoms with Crippen LogP contribution in [-0.4, -0.2) is 0 Å². The lowest BCUT2D eigenvalue weighted by Crippen LogP contribution is -2.07. The lowest BCUT2D eigenvalue weighted by molar-refractivity contribution is -0.137. The molecule has 106 valence electrons. The Bertz CT molecular complexity index is 608. The quantitative estimate of drug-likeness (QED) is 0.813. The summed E-state index contributed by atoms with van der Waals surface area (Å²) in [6.45, 7) is 2.22. The minimum absolute atomic E-state index is 0.326. The van der Waals surface area contributed by atoms with E-state index in [2.05, 4.69) is 5.32 Å². The third-order valence-corrected chi connectivity index (χ3v) is 3.16. The zero-order valence-corrected chi connectivity index (χ0v) is 11.5. The van der Waals surface area contributed by atoms with Crippen LogP contribution < -0.4 is 5.32 Å². The van der Waals surface area contributed by atoms with Gasteiger partial charge in [0.05, 0.1) is 5.56 Å². The highest BCUT2D eigenvalue weighted by atomic mass is 35.5. The molecule has 0 radical (unpaired) electrons. The van der Waals surface area contributed by atoms with Gasteiger partial charge in [0.2, 0.25) is 0 Å². The van der Waals surface area contributed by atoms with Crippen LogP contribution in [0.5, 0.6) is 0 Å². The van der Waals surface area contributed by atoms with Crippen LogP contribution in [0.2, 0.25) is 5.02 Å². The Morgan fingerprint density at radius 3 is 2.50 bits per heavy atom. The average molecular weight is 300 g/mol. The monoisotopic (exact) mass is 299 g/mol. The fourth-order valence-corrected chi connectivity index (χ4v) is 2.11. The molecule has 0 fully saturated rings. The normalized spacial score (nSPS) is 11.4. The number of hydrogen-bond acceptors (Lipinski definition) is 1. The standard InChI is InChI=1S/C15H13ClF3N/c1-10-7-13(16)5-6-14(10)20-9-11-3-2-4-12(8-11)15(17,18)19/h2-8,20H,9H2,1H3. The summed E-state index contributed by atoms with van der Waals surface area (Å²) in [5.41, 5.74) is 1.75. The van der Waals surface area contributed by atoms with E-state index in [9.17, 15) is 13.2 Å². The molecule has 0 saturated carbocycles. The molecule has 1 nitrogen and oxygen atoms in total. The first-order valence-corrected chi connectivity index (χ1v) is 6.40. The van der Waals surface area contributed by atoms with E-state index in [-0.39, 0.29) is 0 Å². The molecule has 2 rings (SSSR count). The first kappa shape index (κ1) is 14.7.